The molecular formula is C24H30N6O2. The first-order valence-corrected chi connectivity index (χ1v) is 11.3. The SMILES string of the molecule is CCOc1ccc(CCNC(=O)CC2CCCCN2c2ccnc(-n3ccnc3)n2)cc1. The second kappa shape index (κ2) is 10.7. The normalized spacial score (nSPS) is 16.0. The Labute approximate surface area is 188 Å². The lowest BCUT2D eigenvalue weighted by Crippen LogP contribution is -2.43. The number of hydrogen-bond acceptors (Lipinski definition) is 6. The Morgan fingerprint density at radius 1 is 1.19 bits per heavy atom. The largest absolute Gasteiger partial charge is 0.494 e. The number of amides is 1. The second-order valence-electron chi connectivity index (χ2n) is 7.91. The quantitative estimate of drug-likeness (QED) is 0.557. The fraction of sp³-hybridized carbons (Fsp3) is 0.417. The number of nitrogens with zero attached hydrogens (tertiary/aromatic N) is 5. The Hall–Kier alpha value is -3.42. The molecule has 168 valence electrons. The van der Waals surface area contributed by atoms with Crippen LogP contribution in [0.25, 0.3) is 5.95 Å². The zero-order chi connectivity index (χ0) is 22.2. The van der Waals surface area contributed by atoms with Gasteiger partial charge in [0, 0.05) is 44.1 Å². The van der Waals surface area contributed by atoms with Gasteiger partial charge in [-0.1, -0.05) is 12.1 Å². The second-order valence-corrected chi connectivity index (χ2v) is 7.91. The van der Waals surface area contributed by atoms with E-state index in [2.05, 4.69) is 20.2 Å². The number of carbonyl (C=O) groups is 1. The van der Waals surface area contributed by atoms with E-state index in [0.29, 0.717) is 25.5 Å². The van der Waals surface area contributed by atoms with Crippen LogP contribution in [-0.2, 0) is 11.2 Å². The average molecular weight is 435 g/mol. The Balaban J connectivity index is 1.32. The number of hydrogen-bond donors (Lipinski definition) is 1. The topological polar surface area (TPSA) is 85.2 Å². The molecule has 3 aromatic rings. The van der Waals surface area contributed by atoms with Crippen molar-refractivity contribution in [3.8, 4) is 11.7 Å². The molecule has 0 saturated carbocycles. The van der Waals surface area contributed by atoms with Gasteiger partial charge in [-0.05, 0) is 56.4 Å². The number of rotatable bonds is 9. The van der Waals surface area contributed by atoms with Gasteiger partial charge in [0.25, 0.3) is 0 Å². The monoisotopic (exact) mass is 434 g/mol. The van der Waals surface area contributed by atoms with Crippen molar-refractivity contribution in [1.82, 2.24) is 24.8 Å². The molecule has 8 nitrogen and oxygen atoms in total. The number of aromatic nitrogens is 4. The summed E-state index contributed by atoms with van der Waals surface area (Å²) in [6.07, 6.45) is 11.4. The van der Waals surface area contributed by atoms with Gasteiger partial charge in [0.2, 0.25) is 11.9 Å². The minimum absolute atomic E-state index is 0.0803. The Morgan fingerprint density at radius 2 is 2.06 bits per heavy atom. The molecule has 1 aliphatic heterocycles. The van der Waals surface area contributed by atoms with Crippen LogP contribution in [0.5, 0.6) is 5.75 Å². The first-order chi connectivity index (χ1) is 15.7. The maximum absolute atomic E-state index is 12.7. The number of carbonyl (C=O) groups excluding carboxylic acids is 1. The molecule has 3 heterocycles. The van der Waals surface area contributed by atoms with E-state index < -0.39 is 0 Å². The molecule has 8 heteroatoms. The van der Waals surface area contributed by atoms with Crippen molar-refractivity contribution in [2.45, 2.75) is 45.1 Å². The van der Waals surface area contributed by atoms with Crippen LogP contribution in [0.15, 0.2) is 55.2 Å². The lowest BCUT2D eigenvalue weighted by atomic mass is 9.99. The van der Waals surface area contributed by atoms with Crippen LogP contribution < -0.4 is 15.0 Å². The fourth-order valence-corrected chi connectivity index (χ4v) is 4.07. The molecule has 0 spiro atoms. The Morgan fingerprint density at radius 3 is 2.84 bits per heavy atom. The molecule has 1 N–H and O–H groups in total. The van der Waals surface area contributed by atoms with Crippen molar-refractivity contribution in [2.75, 3.05) is 24.6 Å². The summed E-state index contributed by atoms with van der Waals surface area (Å²) >= 11 is 0. The zero-order valence-corrected chi connectivity index (χ0v) is 18.5. The van der Waals surface area contributed by atoms with Gasteiger partial charge in [-0.25, -0.2) is 9.97 Å². The third kappa shape index (κ3) is 5.63. The molecule has 0 bridgehead atoms. The molecule has 1 aliphatic rings. The molecule has 1 fully saturated rings. The van der Waals surface area contributed by atoms with Crippen LogP contribution in [0.1, 0.15) is 38.2 Å². The highest BCUT2D eigenvalue weighted by molar-refractivity contribution is 5.77. The molecule has 2 aromatic heterocycles. The van der Waals surface area contributed by atoms with Crippen molar-refractivity contribution >= 4 is 11.7 Å². The first kappa shape index (κ1) is 21.8. The standard InChI is InChI=1S/C24H30N6O2/c1-2-32-21-8-6-19(7-9-21)10-12-26-23(31)17-20-5-3-4-15-30(20)22-11-13-27-24(28-22)29-16-14-25-18-29/h6-9,11,13-14,16,18,20H,2-5,10,12,15,17H2,1H3,(H,26,31). The molecule has 1 aromatic carbocycles. The van der Waals surface area contributed by atoms with Crippen molar-refractivity contribution in [1.29, 1.82) is 0 Å². The van der Waals surface area contributed by atoms with Gasteiger partial charge in [0.1, 0.15) is 17.9 Å². The van der Waals surface area contributed by atoms with Crippen LogP contribution in [0.2, 0.25) is 0 Å². The summed E-state index contributed by atoms with van der Waals surface area (Å²) in [5.41, 5.74) is 1.18. The summed E-state index contributed by atoms with van der Waals surface area (Å²) in [5, 5.41) is 3.08. The van der Waals surface area contributed by atoms with Crippen LogP contribution in [0.4, 0.5) is 5.82 Å². The number of piperidine rings is 1. The lowest BCUT2D eigenvalue weighted by Gasteiger charge is -2.36. The summed E-state index contributed by atoms with van der Waals surface area (Å²) in [5.74, 6) is 2.40. The van der Waals surface area contributed by atoms with Gasteiger partial charge in [-0.2, -0.15) is 4.98 Å². The lowest BCUT2D eigenvalue weighted by molar-refractivity contribution is -0.121. The Kier molecular flexibility index (Phi) is 7.32. The molecular weight excluding hydrogens is 404 g/mol. The third-order valence-corrected chi connectivity index (χ3v) is 5.68. The van der Waals surface area contributed by atoms with Crippen LogP contribution in [0, 0.1) is 0 Å². The minimum Gasteiger partial charge on any atom is -0.494 e. The minimum atomic E-state index is 0.0803. The van der Waals surface area contributed by atoms with E-state index in [1.54, 1.807) is 23.3 Å². The van der Waals surface area contributed by atoms with Gasteiger partial charge >= 0.3 is 0 Å². The Bertz CT molecular complexity index is 990. The fourth-order valence-electron chi connectivity index (χ4n) is 4.07. The summed E-state index contributed by atoms with van der Waals surface area (Å²) < 4.78 is 7.26. The average Bonchev–Trinajstić information content (AvgIpc) is 3.36. The number of anilines is 1. The molecule has 32 heavy (non-hydrogen) atoms. The zero-order valence-electron chi connectivity index (χ0n) is 18.5. The predicted molar refractivity (Wildman–Crippen MR) is 123 cm³/mol. The number of ether oxygens (including phenoxy) is 1. The van der Waals surface area contributed by atoms with Gasteiger partial charge in [-0.15, -0.1) is 0 Å². The van der Waals surface area contributed by atoms with E-state index >= 15 is 0 Å². The number of benzene rings is 1. The van der Waals surface area contributed by atoms with Crippen LogP contribution >= 0.6 is 0 Å². The summed E-state index contributed by atoms with van der Waals surface area (Å²) in [6, 6.07) is 10.1. The van der Waals surface area contributed by atoms with Gasteiger partial charge in [0.15, 0.2) is 0 Å². The molecule has 4 rings (SSSR count). The maximum Gasteiger partial charge on any atom is 0.236 e. The van der Waals surface area contributed by atoms with Crippen molar-refractivity contribution in [3.63, 3.8) is 0 Å². The highest BCUT2D eigenvalue weighted by Gasteiger charge is 2.26. The summed E-state index contributed by atoms with van der Waals surface area (Å²) in [6.45, 7) is 4.15. The highest BCUT2D eigenvalue weighted by atomic mass is 16.5. The van der Waals surface area contributed by atoms with E-state index in [4.69, 9.17) is 9.72 Å². The van der Waals surface area contributed by atoms with E-state index in [1.807, 2.05) is 43.5 Å². The van der Waals surface area contributed by atoms with Gasteiger partial charge in [-0.3, -0.25) is 9.36 Å². The highest BCUT2D eigenvalue weighted by Crippen LogP contribution is 2.25. The predicted octanol–water partition coefficient (Wildman–Crippen LogP) is 3.17. The third-order valence-electron chi connectivity index (χ3n) is 5.68. The van der Waals surface area contributed by atoms with E-state index in [9.17, 15) is 4.79 Å². The number of nitrogens with one attached hydrogen (secondary N) is 1. The van der Waals surface area contributed by atoms with Crippen LogP contribution in [0.3, 0.4) is 0 Å². The first-order valence-electron chi connectivity index (χ1n) is 11.3. The van der Waals surface area contributed by atoms with Crippen molar-refractivity contribution in [2.24, 2.45) is 0 Å². The molecule has 1 unspecified atom stereocenters. The number of imidazole rings is 1. The molecule has 1 amide bonds. The van der Waals surface area contributed by atoms with Crippen molar-refractivity contribution < 1.29 is 9.53 Å². The molecule has 0 aliphatic carbocycles. The smallest absolute Gasteiger partial charge is 0.236 e. The van der Waals surface area contributed by atoms with Crippen molar-refractivity contribution in [3.05, 3.63) is 60.8 Å². The molecule has 1 saturated heterocycles. The summed E-state index contributed by atoms with van der Waals surface area (Å²) in [4.78, 5) is 28.0. The van der Waals surface area contributed by atoms with E-state index in [0.717, 1.165) is 43.8 Å². The molecule has 1 atom stereocenters. The summed E-state index contributed by atoms with van der Waals surface area (Å²) in [7, 11) is 0. The van der Waals surface area contributed by atoms with Gasteiger partial charge < -0.3 is 15.0 Å². The van der Waals surface area contributed by atoms with E-state index in [-0.39, 0.29) is 11.9 Å². The van der Waals surface area contributed by atoms with Crippen LogP contribution in [-0.4, -0.2) is 51.2 Å². The maximum atomic E-state index is 12.7. The molecule has 0 radical (unpaired) electrons. The van der Waals surface area contributed by atoms with E-state index in [1.165, 1.54) is 5.56 Å². The van der Waals surface area contributed by atoms with Gasteiger partial charge in [0.05, 0.1) is 6.61 Å².